The largest absolute Gasteiger partial charge is 0.378 e. The van der Waals surface area contributed by atoms with Gasteiger partial charge in [0.2, 0.25) is 11.6 Å². The van der Waals surface area contributed by atoms with E-state index in [1.54, 1.807) is 11.3 Å². The predicted molar refractivity (Wildman–Crippen MR) is 112 cm³/mol. The zero-order valence-corrected chi connectivity index (χ0v) is 17.6. The normalized spacial score (nSPS) is 14.4. The maximum absolute atomic E-state index is 5.41. The zero-order chi connectivity index (χ0) is 20.5. The Bertz CT molecular complexity index is 1140. The van der Waals surface area contributed by atoms with Gasteiger partial charge in [0.1, 0.15) is 5.82 Å². The number of hydrogen-bond donors (Lipinski definition) is 0. The zero-order valence-electron chi connectivity index (χ0n) is 16.8. The molecule has 0 aliphatic carbocycles. The van der Waals surface area contributed by atoms with Gasteiger partial charge in [-0.05, 0) is 13.8 Å². The van der Waals surface area contributed by atoms with Gasteiger partial charge in [-0.15, -0.1) is 5.10 Å². The third-order valence-electron chi connectivity index (χ3n) is 4.91. The molecule has 1 saturated heterocycles. The van der Waals surface area contributed by atoms with E-state index in [1.165, 1.54) is 5.56 Å². The van der Waals surface area contributed by atoms with Crippen molar-refractivity contribution in [2.75, 3.05) is 31.2 Å². The van der Waals surface area contributed by atoms with E-state index in [4.69, 9.17) is 9.26 Å². The number of anilines is 1. The van der Waals surface area contributed by atoms with Gasteiger partial charge < -0.3 is 14.2 Å². The highest BCUT2D eigenvalue weighted by molar-refractivity contribution is 7.15. The van der Waals surface area contributed by atoms with Crippen LogP contribution >= 0.6 is 11.3 Å². The van der Waals surface area contributed by atoms with Gasteiger partial charge in [-0.2, -0.15) is 4.98 Å². The summed E-state index contributed by atoms with van der Waals surface area (Å²) >= 11 is 1.67. The summed E-state index contributed by atoms with van der Waals surface area (Å²) in [7, 11) is 0. The molecule has 1 aliphatic rings. The van der Waals surface area contributed by atoms with E-state index < -0.39 is 0 Å². The summed E-state index contributed by atoms with van der Waals surface area (Å²) in [4.78, 5) is 16.9. The lowest BCUT2D eigenvalue weighted by atomic mass is 10.1. The first kappa shape index (κ1) is 18.9. The lowest BCUT2D eigenvalue weighted by Gasteiger charge is -2.25. The molecule has 5 rings (SSSR count). The fraction of sp³-hybridized carbons (Fsp3) is 0.350. The van der Waals surface area contributed by atoms with Crippen molar-refractivity contribution in [3.05, 3.63) is 46.7 Å². The fourth-order valence-electron chi connectivity index (χ4n) is 3.21. The Morgan fingerprint density at radius 2 is 1.83 bits per heavy atom. The number of aromatic nitrogens is 6. The lowest BCUT2D eigenvalue weighted by molar-refractivity contribution is 0.122. The second kappa shape index (κ2) is 7.96. The van der Waals surface area contributed by atoms with Crippen LogP contribution in [0.1, 0.15) is 16.3 Å². The van der Waals surface area contributed by atoms with Crippen LogP contribution in [-0.2, 0) is 11.3 Å². The van der Waals surface area contributed by atoms with Gasteiger partial charge in [-0.3, -0.25) is 0 Å². The smallest absolute Gasteiger partial charge is 0.297 e. The molecule has 0 bridgehead atoms. The highest BCUT2D eigenvalue weighted by Gasteiger charge is 2.18. The third-order valence-corrected chi connectivity index (χ3v) is 5.96. The summed E-state index contributed by atoms with van der Waals surface area (Å²) < 4.78 is 12.7. The second-order valence-corrected chi connectivity index (χ2v) is 8.23. The number of nitrogens with zero attached hydrogens (tertiary/aromatic N) is 7. The van der Waals surface area contributed by atoms with Gasteiger partial charge in [0, 0.05) is 29.7 Å². The molecule has 1 fully saturated rings. The summed E-state index contributed by atoms with van der Waals surface area (Å²) in [5.74, 6) is 2.04. The van der Waals surface area contributed by atoms with Gasteiger partial charge in [0.25, 0.3) is 5.89 Å². The molecule has 3 aromatic heterocycles. The minimum atomic E-state index is 0.311. The predicted octanol–water partition coefficient (Wildman–Crippen LogP) is 2.95. The highest BCUT2D eigenvalue weighted by atomic mass is 32.1. The molecule has 4 aromatic rings. The summed E-state index contributed by atoms with van der Waals surface area (Å²) in [6, 6.07) is 7.97. The standard InChI is InChI=1S/C20H21N7O2S/c1-13-3-5-15(6-4-13)17-23-19(29-25-17)18-22-14(2)27(24-18)12-16-11-21-20(30-16)26-7-9-28-10-8-26/h3-6,11H,7-10,12H2,1-2H3. The Morgan fingerprint density at radius 1 is 1.03 bits per heavy atom. The minimum Gasteiger partial charge on any atom is -0.378 e. The maximum atomic E-state index is 5.41. The molecule has 30 heavy (non-hydrogen) atoms. The molecule has 1 aliphatic heterocycles. The Labute approximate surface area is 177 Å². The van der Waals surface area contributed by atoms with E-state index in [-0.39, 0.29) is 0 Å². The topological polar surface area (TPSA) is 95.0 Å². The SMILES string of the molecule is Cc1ccc(-c2noc(-c3nc(C)n(Cc4cnc(N5CCOCC5)s4)n3)n2)cc1. The Hall–Kier alpha value is -3.11. The number of ether oxygens (including phenoxy) is 1. The Morgan fingerprint density at radius 3 is 2.63 bits per heavy atom. The molecule has 1 aromatic carbocycles. The molecule has 0 unspecified atom stereocenters. The van der Waals surface area contributed by atoms with Gasteiger partial charge >= 0.3 is 0 Å². The summed E-state index contributed by atoms with van der Waals surface area (Å²) in [5.41, 5.74) is 2.07. The van der Waals surface area contributed by atoms with E-state index in [1.807, 2.05) is 49.0 Å². The second-order valence-electron chi connectivity index (χ2n) is 7.14. The van der Waals surface area contributed by atoms with Crippen molar-refractivity contribution in [3.8, 4) is 23.1 Å². The van der Waals surface area contributed by atoms with E-state index in [2.05, 4.69) is 30.1 Å². The monoisotopic (exact) mass is 423 g/mol. The quantitative estimate of drug-likeness (QED) is 0.484. The molecule has 0 radical (unpaired) electrons. The molecular formula is C20H21N7O2S. The fourth-order valence-corrected chi connectivity index (χ4v) is 4.16. The molecule has 0 spiro atoms. The van der Waals surface area contributed by atoms with Crippen LogP contribution in [0.5, 0.6) is 0 Å². The van der Waals surface area contributed by atoms with Crippen molar-refractivity contribution < 1.29 is 9.26 Å². The average molecular weight is 424 g/mol. The Balaban J connectivity index is 1.33. The first-order valence-electron chi connectivity index (χ1n) is 9.76. The van der Waals surface area contributed by atoms with Crippen molar-refractivity contribution in [2.45, 2.75) is 20.4 Å². The van der Waals surface area contributed by atoms with Crippen LogP contribution in [0.25, 0.3) is 23.1 Å². The molecule has 0 saturated carbocycles. The molecule has 4 heterocycles. The van der Waals surface area contributed by atoms with Crippen LogP contribution in [0.3, 0.4) is 0 Å². The van der Waals surface area contributed by atoms with Crippen molar-refractivity contribution in [1.29, 1.82) is 0 Å². The van der Waals surface area contributed by atoms with Crippen molar-refractivity contribution >= 4 is 16.5 Å². The van der Waals surface area contributed by atoms with E-state index in [0.717, 1.165) is 47.7 Å². The first-order chi connectivity index (χ1) is 14.7. The van der Waals surface area contributed by atoms with Gasteiger partial charge in [-0.25, -0.2) is 14.6 Å². The average Bonchev–Trinajstić information content (AvgIpc) is 3.50. The van der Waals surface area contributed by atoms with Crippen LogP contribution in [0.4, 0.5) is 5.13 Å². The summed E-state index contributed by atoms with van der Waals surface area (Å²) in [6.07, 6.45) is 1.90. The van der Waals surface area contributed by atoms with Crippen LogP contribution in [-0.4, -0.2) is 56.2 Å². The van der Waals surface area contributed by atoms with Gasteiger partial charge in [0.15, 0.2) is 5.13 Å². The van der Waals surface area contributed by atoms with Gasteiger partial charge in [-0.1, -0.05) is 46.3 Å². The summed E-state index contributed by atoms with van der Waals surface area (Å²) in [6.45, 7) is 7.79. The molecule has 0 atom stereocenters. The highest BCUT2D eigenvalue weighted by Crippen LogP contribution is 2.25. The minimum absolute atomic E-state index is 0.311. The van der Waals surface area contributed by atoms with Gasteiger partial charge in [0.05, 0.1) is 19.8 Å². The van der Waals surface area contributed by atoms with Crippen LogP contribution in [0.2, 0.25) is 0 Å². The van der Waals surface area contributed by atoms with E-state index in [0.29, 0.717) is 24.1 Å². The molecule has 9 nitrogen and oxygen atoms in total. The summed E-state index contributed by atoms with van der Waals surface area (Å²) in [5, 5.41) is 9.66. The van der Waals surface area contributed by atoms with E-state index in [9.17, 15) is 0 Å². The molecule has 0 N–H and O–H groups in total. The van der Waals surface area contributed by atoms with Crippen LogP contribution < -0.4 is 4.90 Å². The number of thiazole rings is 1. The number of aryl methyl sites for hydroxylation is 2. The van der Waals surface area contributed by atoms with Crippen molar-refractivity contribution in [1.82, 2.24) is 29.9 Å². The lowest BCUT2D eigenvalue weighted by Crippen LogP contribution is -2.36. The third kappa shape index (κ3) is 3.83. The number of morpholine rings is 1. The number of hydrogen-bond acceptors (Lipinski definition) is 9. The molecule has 10 heteroatoms. The maximum Gasteiger partial charge on any atom is 0.297 e. The van der Waals surface area contributed by atoms with E-state index >= 15 is 0 Å². The van der Waals surface area contributed by atoms with Crippen molar-refractivity contribution in [2.24, 2.45) is 0 Å². The first-order valence-corrected chi connectivity index (χ1v) is 10.6. The molecular weight excluding hydrogens is 402 g/mol. The number of benzene rings is 1. The molecule has 0 amide bonds. The van der Waals surface area contributed by atoms with Crippen molar-refractivity contribution in [3.63, 3.8) is 0 Å². The number of rotatable bonds is 5. The van der Waals surface area contributed by atoms with Crippen LogP contribution in [0, 0.1) is 13.8 Å². The molecule has 154 valence electrons. The van der Waals surface area contributed by atoms with Crippen LogP contribution in [0.15, 0.2) is 35.0 Å². The Kier molecular flexibility index (Phi) is 5.01.